The van der Waals surface area contributed by atoms with Crippen molar-refractivity contribution in [2.75, 3.05) is 6.61 Å². The Bertz CT molecular complexity index is 446. The molecular formula is C17H24O2. The van der Waals surface area contributed by atoms with Crippen LogP contribution >= 0.6 is 0 Å². The summed E-state index contributed by atoms with van der Waals surface area (Å²) < 4.78 is 5.70. The van der Waals surface area contributed by atoms with E-state index in [1.807, 2.05) is 12.1 Å². The van der Waals surface area contributed by atoms with Crippen LogP contribution in [0.15, 0.2) is 24.3 Å². The van der Waals surface area contributed by atoms with E-state index in [0.29, 0.717) is 17.8 Å². The molecule has 0 radical (unpaired) electrons. The average Bonchev–Trinajstić information content (AvgIpc) is 2.36. The van der Waals surface area contributed by atoms with Gasteiger partial charge < -0.3 is 9.84 Å². The molecule has 19 heavy (non-hydrogen) atoms. The van der Waals surface area contributed by atoms with Crippen molar-refractivity contribution < 1.29 is 9.84 Å². The van der Waals surface area contributed by atoms with E-state index in [4.69, 9.17) is 4.74 Å². The van der Waals surface area contributed by atoms with Gasteiger partial charge >= 0.3 is 0 Å². The molecule has 2 nitrogen and oxygen atoms in total. The van der Waals surface area contributed by atoms with Crippen LogP contribution in [0, 0.1) is 11.8 Å². The Morgan fingerprint density at radius 1 is 1.32 bits per heavy atom. The Morgan fingerprint density at radius 2 is 2.05 bits per heavy atom. The van der Waals surface area contributed by atoms with Gasteiger partial charge in [-0.2, -0.15) is 0 Å². The highest BCUT2D eigenvalue weighted by atomic mass is 16.5. The zero-order valence-corrected chi connectivity index (χ0v) is 11.9. The number of hydrogen-bond acceptors (Lipinski definition) is 2. The first-order valence-corrected chi connectivity index (χ1v) is 7.51. The Kier molecular flexibility index (Phi) is 3.30. The summed E-state index contributed by atoms with van der Waals surface area (Å²) in [4.78, 5) is 0. The number of rotatable bonds is 3. The minimum absolute atomic E-state index is 0.427. The van der Waals surface area contributed by atoms with Crippen molar-refractivity contribution in [3.63, 3.8) is 0 Å². The SMILES string of the molecule is CC(C)C1CC(O)(CC2CCOc3ccccc32)C1. The lowest BCUT2D eigenvalue weighted by Gasteiger charge is -2.48. The Labute approximate surface area is 115 Å². The molecule has 3 rings (SSSR count). The summed E-state index contributed by atoms with van der Waals surface area (Å²) in [5, 5.41) is 10.7. The topological polar surface area (TPSA) is 29.5 Å². The van der Waals surface area contributed by atoms with E-state index in [1.54, 1.807) is 0 Å². The van der Waals surface area contributed by atoms with Crippen LogP contribution in [-0.2, 0) is 0 Å². The second-order valence-electron chi connectivity index (χ2n) is 6.71. The third kappa shape index (κ3) is 2.51. The number of benzene rings is 1. The summed E-state index contributed by atoms with van der Waals surface area (Å²) >= 11 is 0. The summed E-state index contributed by atoms with van der Waals surface area (Å²) in [6.45, 7) is 5.30. The fourth-order valence-electron chi connectivity index (χ4n) is 3.64. The van der Waals surface area contributed by atoms with Gasteiger partial charge in [-0.25, -0.2) is 0 Å². The molecule has 1 unspecified atom stereocenters. The minimum atomic E-state index is -0.427. The zero-order valence-electron chi connectivity index (χ0n) is 11.9. The van der Waals surface area contributed by atoms with E-state index in [1.165, 1.54) is 5.56 Å². The predicted molar refractivity (Wildman–Crippen MR) is 76.4 cm³/mol. The molecule has 0 bridgehead atoms. The van der Waals surface area contributed by atoms with Gasteiger partial charge in [0.25, 0.3) is 0 Å². The molecule has 0 saturated heterocycles. The largest absolute Gasteiger partial charge is 0.493 e. The summed E-state index contributed by atoms with van der Waals surface area (Å²) in [5.74, 6) is 2.88. The maximum Gasteiger partial charge on any atom is 0.122 e. The van der Waals surface area contributed by atoms with Gasteiger partial charge in [-0.15, -0.1) is 0 Å². The van der Waals surface area contributed by atoms with Crippen molar-refractivity contribution in [1.29, 1.82) is 0 Å². The van der Waals surface area contributed by atoms with Crippen molar-refractivity contribution in [3.8, 4) is 5.75 Å². The normalized spacial score (nSPS) is 33.5. The molecule has 1 aromatic carbocycles. The third-order valence-electron chi connectivity index (χ3n) is 4.94. The van der Waals surface area contributed by atoms with Crippen LogP contribution in [-0.4, -0.2) is 17.3 Å². The number of para-hydroxylation sites is 1. The van der Waals surface area contributed by atoms with Gasteiger partial charge in [0.2, 0.25) is 0 Å². The van der Waals surface area contributed by atoms with Crippen molar-refractivity contribution in [1.82, 2.24) is 0 Å². The monoisotopic (exact) mass is 260 g/mol. The summed E-state index contributed by atoms with van der Waals surface area (Å²) in [6, 6.07) is 8.29. The molecule has 1 saturated carbocycles. The highest BCUT2D eigenvalue weighted by Crippen LogP contribution is 2.49. The van der Waals surface area contributed by atoms with Crippen LogP contribution in [0.1, 0.15) is 51.0 Å². The molecule has 1 fully saturated rings. The summed E-state index contributed by atoms with van der Waals surface area (Å²) in [5.41, 5.74) is 0.861. The molecule has 104 valence electrons. The molecule has 1 N–H and O–H groups in total. The zero-order chi connectivity index (χ0) is 13.5. The van der Waals surface area contributed by atoms with E-state index >= 15 is 0 Å². The number of fused-ring (bicyclic) bond motifs is 1. The van der Waals surface area contributed by atoms with Crippen molar-refractivity contribution in [2.24, 2.45) is 11.8 Å². The number of hydrogen-bond donors (Lipinski definition) is 1. The predicted octanol–water partition coefficient (Wildman–Crippen LogP) is 3.74. The number of aliphatic hydroxyl groups is 1. The van der Waals surface area contributed by atoms with E-state index in [-0.39, 0.29) is 0 Å². The lowest BCUT2D eigenvalue weighted by atomic mass is 9.62. The molecule has 1 aliphatic carbocycles. The third-order valence-corrected chi connectivity index (χ3v) is 4.94. The smallest absolute Gasteiger partial charge is 0.122 e. The standard InChI is InChI=1S/C17H24O2/c1-12(2)14-10-17(18,11-14)9-13-7-8-19-16-6-4-3-5-15(13)16/h3-6,12-14,18H,7-11H2,1-2H3. The second kappa shape index (κ2) is 4.82. The molecular weight excluding hydrogens is 236 g/mol. The summed E-state index contributed by atoms with van der Waals surface area (Å²) in [6.07, 6.45) is 3.89. The first kappa shape index (κ1) is 13.0. The highest BCUT2D eigenvalue weighted by molar-refractivity contribution is 5.38. The van der Waals surface area contributed by atoms with Crippen LogP contribution in [0.5, 0.6) is 5.75 Å². The fraction of sp³-hybridized carbons (Fsp3) is 0.647. The minimum Gasteiger partial charge on any atom is -0.493 e. The number of ether oxygens (including phenoxy) is 1. The lowest BCUT2D eigenvalue weighted by Crippen LogP contribution is -2.47. The van der Waals surface area contributed by atoms with Gasteiger partial charge in [-0.05, 0) is 55.1 Å². The van der Waals surface area contributed by atoms with Gasteiger partial charge in [-0.1, -0.05) is 32.0 Å². The van der Waals surface area contributed by atoms with Crippen LogP contribution in [0.2, 0.25) is 0 Å². The Morgan fingerprint density at radius 3 is 2.79 bits per heavy atom. The molecule has 2 aliphatic rings. The van der Waals surface area contributed by atoms with Gasteiger partial charge in [0.05, 0.1) is 12.2 Å². The lowest BCUT2D eigenvalue weighted by molar-refractivity contribution is -0.0979. The first-order chi connectivity index (χ1) is 9.07. The molecule has 0 aromatic heterocycles. The molecule has 1 atom stereocenters. The Hall–Kier alpha value is -1.02. The second-order valence-corrected chi connectivity index (χ2v) is 6.71. The molecule has 0 amide bonds. The first-order valence-electron chi connectivity index (χ1n) is 7.51. The van der Waals surface area contributed by atoms with Crippen LogP contribution in [0.3, 0.4) is 0 Å². The van der Waals surface area contributed by atoms with Crippen LogP contribution in [0.25, 0.3) is 0 Å². The van der Waals surface area contributed by atoms with Crippen molar-refractivity contribution in [3.05, 3.63) is 29.8 Å². The van der Waals surface area contributed by atoms with Crippen molar-refractivity contribution in [2.45, 2.75) is 51.0 Å². The molecule has 2 heteroatoms. The van der Waals surface area contributed by atoms with Crippen LogP contribution in [0.4, 0.5) is 0 Å². The molecule has 1 heterocycles. The molecule has 1 aliphatic heterocycles. The average molecular weight is 260 g/mol. The van der Waals surface area contributed by atoms with Crippen LogP contribution < -0.4 is 4.74 Å². The van der Waals surface area contributed by atoms with E-state index in [2.05, 4.69) is 26.0 Å². The fourth-order valence-corrected chi connectivity index (χ4v) is 3.64. The molecule has 1 aromatic rings. The van der Waals surface area contributed by atoms with Gasteiger partial charge in [0.15, 0.2) is 0 Å². The maximum atomic E-state index is 10.7. The highest BCUT2D eigenvalue weighted by Gasteiger charge is 2.45. The Balaban J connectivity index is 1.69. The van der Waals surface area contributed by atoms with Gasteiger partial charge in [-0.3, -0.25) is 0 Å². The molecule has 0 spiro atoms. The quantitative estimate of drug-likeness (QED) is 0.897. The maximum absolute atomic E-state index is 10.7. The van der Waals surface area contributed by atoms with E-state index < -0.39 is 5.60 Å². The van der Waals surface area contributed by atoms with Gasteiger partial charge in [0, 0.05) is 0 Å². The van der Waals surface area contributed by atoms with E-state index in [0.717, 1.165) is 38.0 Å². The van der Waals surface area contributed by atoms with Crippen molar-refractivity contribution >= 4 is 0 Å². The van der Waals surface area contributed by atoms with Gasteiger partial charge in [0.1, 0.15) is 5.75 Å². The summed E-state index contributed by atoms with van der Waals surface area (Å²) in [7, 11) is 0. The van der Waals surface area contributed by atoms with E-state index in [9.17, 15) is 5.11 Å².